The molecule has 0 radical (unpaired) electrons. The molecule has 5 nitrogen and oxygen atoms in total. The molecule has 5 rings (SSSR count). The third-order valence-corrected chi connectivity index (χ3v) is 4.90. The van der Waals surface area contributed by atoms with Crippen molar-refractivity contribution in [2.45, 2.75) is 25.0 Å². The van der Waals surface area contributed by atoms with E-state index in [1.165, 1.54) is 0 Å². The average molecular weight is 309 g/mol. The van der Waals surface area contributed by atoms with Gasteiger partial charge in [0.25, 0.3) is 0 Å². The van der Waals surface area contributed by atoms with Gasteiger partial charge in [-0.3, -0.25) is 4.98 Å². The third-order valence-electron chi connectivity index (χ3n) is 4.90. The van der Waals surface area contributed by atoms with Crippen molar-refractivity contribution < 1.29 is 18.9 Å². The summed E-state index contributed by atoms with van der Waals surface area (Å²) >= 11 is 0. The lowest BCUT2D eigenvalue weighted by Crippen LogP contribution is -2.30. The van der Waals surface area contributed by atoms with Gasteiger partial charge in [0.05, 0.1) is 7.11 Å². The molecule has 0 spiro atoms. The molecule has 4 heterocycles. The summed E-state index contributed by atoms with van der Waals surface area (Å²) < 4.78 is 24.0. The van der Waals surface area contributed by atoms with Crippen LogP contribution in [0.3, 0.4) is 0 Å². The normalized spacial score (nSPS) is 29.3. The maximum atomic E-state index is 6.36. The van der Waals surface area contributed by atoms with Crippen LogP contribution < -0.4 is 14.2 Å². The lowest BCUT2D eigenvalue weighted by molar-refractivity contribution is -0.0738. The summed E-state index contributed by atoms with van der Waals surface area (Å²) in [5.41, 5.74) is 0.763. The van der Waals surface area contributed by atoms with Gasteiger partial charge >= 0.3 is 0 Å². The number of fused-ring (bicyclic) bond motifs is 8. The van der Waals surface area contributed by atoms with Crippen LogP contribution in [0.4, 0.5) is 0 Å². The largest absolute Gasteiger partial charge is 0.497 e. The highest BCUT2D eigenvalue weighted by Gasteiger charge is 2.64. The highest BCUT2D eigenvalue weighted by Crippen LogP contribution is 2.62. The number of aromatic nitrogens is 1. The number of hydrogen-bond donors (Lipinski definition) is 0. The van der Waals surface area contributed by atoms with Crippen molar-refractivity contribution >= 4 is 0 Å². The highest BCUT2D eigenvalue weighted by atomic mass is 16.6. The second-order valence-corrected chi connectivity index (χ2v) is 6.26. The third kappa shape index (κ3) is 1.39. The zero-order valence-electron chi connectivity index (χ0n) is 13.0. The van der Waals surface area contributed by atoms with E-state index in [4.69, 9.17) is 18.9 Å². The molecule has 3 aliphatic heterocycles. The summed E-state index contributed by atoms with van der Waals surface area (Å²) in [4.78, 5) is 4.24. The van der Waals surface area contributed by atoms with Gasteiger partial charge in [-0.1, -0.05) is 0 Å². The second-order valence-electron chi connectivity index (χ2n) is 6.26. The minimum Gasteiger partial charge on any atom is -0.497 e. The fourth-order valence-electron chi connectivity index (χ4n) is 3.77. The van der Waals surface area contributed by atoms with Gasteiger partial charge < -0.3 is 18.9 Å². The predicted octanol–water partition coefficient (Wildman–Crippen LogP) is 3.25. The molecule has 3 aliphatic rings. The van der Waals surface area contributed by atoms with Crippen LogP contribution in [0.15, 0.2) is 48.2 Å². The molecular formula is C18H15NO4. The van der Waals surface area contributed by atoms with E-state index >= 15 is 0 Å². The lowest BCUT2D eigenvalue weighted by Gasteiger charge is -2.31. The van der Waals surface area contributed by atoms with E-state index in [9.17, 15) is 0 Å². The summed E-state index contributed by atoms with van der Waals surface area (Å²) in [6.07, 6.45) is 3.62. The Morgan fingerprint density at radius 1 is 0.957 bits per heavy atom. The molecule has 0 fully saturated rings. The molecule has 116 valence electrons. The molecule has 1 aromatic carbocycles. The van der Waals surface area contributed by atoms with Crippen molar-refractivity contribution in [1.82, 2.24) is 4.98 Å². The van der Waals surface area contributed by atoms with E-state index in [1.807, 2.05) is 44.3 Å². The molecular weight excluding hydrogens is 294 g/mol. The topological polar surface area (TPSA) is 49.8 Å². The van der Waals surface area contributed by atoms with Gasteiger partial charge in [-0.05, 0) is 32.0 Å². The molecule has 1 aromatic heterocycles. The monoisotopic (exact) mass is 309 g/mol. The number of benzene rings is 1. The molecule has 2 atom stereocenters. The van der Waals surface area contributed by atoms with Gasteiger partial charge in [0, 0.05) is 29.6 Å². The number of nitrogens with zero attached hydrogens (tertiary/aromatic N) is 1. The summed E-state index contributed by atoms with van der Waals surface area (Å²) in [5.74, 6) is 3.44. The second kappa shape index (κ2) is 3.86. The molecule has 0 saturated carbocycles. The van der Waals surface area contributed by atoms with Crippen molar-refractivity contribution in [3.63, 3.8) is 0 Å². The van der Waals surface area contributed by atoms with Crippen LogP contribution in [0, 0.1) is 0 Å². The Labute approximate surface area is 133 Å². The van der Waals surface area contributed by atoms with E-state index in [-0.39, 0.29) is 0 Å². The molecule has 23 heavy (non-hydrogen) atoms. The van der Waals surface area contributed by atoms with Gasteiger partial charge in [-0.25, -0.2) is 0 Å². The van der Waals surface area contributed by atoms with Crippen LogP contribution in [-0.4, -0.2) is 12.1 Å². The first-order valence-electron chi connectivity index (χ1n) is 7.50. The smallest absolute Gasteiger partial charge is 0.182 e. The van der Waals surface area contributed by atoms with Crippen molar-refractivity contribution in [3.05, 3.63) is 59.3 Å². The molecule has 2 unspecified atom stereocenters. The Bertz CT molecular complexity index is 890. The summed E-state index contributed by atoms with van der Waals surface area (Å²) in [6, 6.07) is 7.50. The predicted molar refractivity (Wildman–Crippen MR) is 81.3 cm³/mol. The number of methoxy groups -OCH3 is 1. The van der Waals surface area contributed by atoms with Gasteiger partial charge in [-0.2, -0.15) is 0 Å². The Morgan fingerprint density at radius 3 is 2.48 bits per heavy atom. The lowest BCUT2D eigenvalue weighted by atomic mass is 9.81. The molecule has 0 saturated heterocycles. The number of pyridine rings is 1. The fraction of sp³-hybridized carbons (Fsp3) is 0.278. The summed E-state index contributed by atoms with van der Waals surface area (Å²) in [7, 11) is 1.63. The molecule has 5 heteroatoms. The summed E-state index contributed by atoms with van der Waals surface area (Å²) in [5, 5.41) is 0. The van der Waals surface area contributed by atoms with Crippen LogP contribution in [0.25, 0.3) is 0 Å². The van der Waals surface area contributed by atoms with Crippen LogP contribution in [0.1, 0.15) is 25.0 Å². The number of hydrogen-bond acceptors (Lipinski definition) is 5. The Morgan fingerprint density at radius 2 is 1.70 bits per heavy atom. The number of rotatable bonds is 1. The molecule has 2 bridgehead atoms. The van der Waals surface area contributed by atoms with Crippen LogP contribution in [0.2, 0.25) is 0 Å². The van der Waals surface area contributed by atoms with E-state index in [2.05, 4.69) is 4.98 Å². The Balaban J connectivity index is 1.69. The van der Waals surface area contributed by atoms with Crippen molar-refractivity contribution in [1.29, 1.82) is 0 Å². The first-order valence-corrected chi connectivity index (χ1v) is 7.50. The molecule has 0 amide bonds. The molecule has 0 N–H and O–H groups in total. The molecule has 2 aromatic rings. The van der Waals surface area contributed by atoms with E-state index in [0.29, 0.717) is 17.3 Å². The first-order chi connectivity index (χ1) is 11.1. The minimum absolute atomic E-state index is 0.634. The average Bonchev–Trinajstić information content (AvgIpc) is 2.96. The number of ether oxygens (including phenoxy) is 4. The van der Waals surface area contributed by atoms with Crippen LogP contribution in [-0.2, 0) is 15.9 Å². The van der Waals surface area contributed by atoms with Crippen molar-refractivity contribution in [3.8, 4) is 17.2 Å². The van der Waals surface area contributed by atoms with Gasteiger partial charge in [0.15, 0.2) is 34.2 Å². The fourth-order valence-corrected chi connectivity index (χ4v) is 3.77. The minimum atomic E-state index is -0.686. The van der Waals surface area contributed by atoms with Gasteiger partial charge in [0.2, 0.25) is 0 Å². The standard InChI is InChI=1S/C18H15NO4/c1-17-11-6-7-19-9-12(11)18(2,23-17)16-15(17)21-13-5-4-10(20-3)8-14(13)22-16/h4-9H,1-3H3. The van der Waals surface area contributed by atoms with Gasteiger partial charge in [0.1, 0.15) is 5.75 Å². The highest BCUT2D eigenvalue weighted by molar-refractivity contribution is 5.59. The summed E-state index contributed by atoms with van der Waals surface area (Å²) in [6.45, 7) is 4.01. The zero-order valence-corrected chi connectivity index (χ0v) is 13.0. The molecule has 0 aliphatic carbocycles. The van der Waals surface area contributed by atoms with E-state index in [0.717, 1.165) is 22.6 Å². The maximum Gasteiger partial charge on any atom is 0.182 e. The van der Waals surface area contributed by atoms with Crippen LogP contribution in [0.5, 0.6) is 17.2 Å². The maximum absolute atomic E-state index is 6.36. The Kier molecular flexibility index (Phi) is 2.18. The van der Waals surface area contributed by atoms with E-state index < -0.39 is 11.2 Å². The van der Waals surface area contributed by atoms with Crippen molar-refractivity contribution in [2.75, 3.05) is 7.11 Å². The first kappa shape index (κ1) is 13.0. The van der Waals surface area contributed by atoms with E-state index in [1.54, 1.807) is 13.3 Å². The van der Waals surface area contributed by atoms with Gasteiger partial charge in [-0.15, -0.1) is 0 Å². The SMILES string of the molecule is COc1ccc2c(c1)OC1=C(O2)C2(C)OC1(C)c1cnccc12. The van der Waals surface area contributed by atoms with Crippen molar-refractivity contribution in [2.24, 2.45) is 0 Å². The van der Waals surface area contributed by atoms with Crippen LogP contribution >= 0.6 is 0 Å². The zero-order chi connectivity index (χ0) is 15.8. The Hall–Kier alpha value is -2.53. The quantitative estimate of drug-likeness (QED) is 0.809.